The van der Waals surface area contributed by atoms with Gasteiger partial charge in [0.1, 0.15) is 18.2 Å². The molecule has 1 fully saturated rings. The number of benzene rings is 2. The van der Waals surface area contributed by atoms with E-state index in [0.717, 1.165) is 5.69 Å². The van der Waals surface area contributed by atoms with Crippen LogP contribution in [0.15, 0.2) is 54.9 Å². The molecule has 3 heterocycles. The summed E-state index contributed by atoms with van der Waals surface area (Å²) >= 11 is 12.7. The number of imidazole rings is 1. The third-order valence-corrected chi connectivity index (χ3v) is 6.66. The number of anilines is 1. The SMILES string of the molecule is O=C(O)C(CO)NC(=O)C1CN(c2ncnc3c2nc(-c2ccccc2Cl)n3-c2ccc(Cl)cc2)CCO1. The molecule has 3 N–H and O–H groups in total. The Labute approximate surface area is 226 Å². The van der Waals surface area contributed by atoms with Crippen molar-refractivity contribution in [1.82, 2.24) is 24.8 Å². The van der Waals surface area contributed by atoms with Crippen molar-refractivity contribution in [3.63, 3.8) is 0 Å². The smallest absolute Gasteiger partial charge is 0.328 e. The number of hydrogen-bond acceptors (Lipinski definition) is 8. The summed E-state index contributed by atoms with van der Waals surface area (Å²) in [6, 6.07) is 13.1. The van der Waals surface area contributed by atoms with Crippen molar-refractivity contribution < 1.29 is 24.5 Å². The summed E-state index contributed by atoms with van der Waals surface area (Å²) in [4.78, 5) is 39.6. The first-order chi connectivity index (χ1) is 18.4. The zero-order valence-corrected chi connectivity index (χ0v) is 21.3. The topological polar surface area (TPSA) is 143 Å². The fraction of sp³-hybridized carbons (Fsp3) is 0.240. The molecule has 13 heteroatoms. The standard InChI is InChI=1S/C25H22Cl2N6O5/c26-14-5-7-15(8-6-14)33-21(16-3-1-2-4-17(16)27)31-20-22(28-13-29-23(20)33)32-9-10-38-19(11-32)24(35)30-18(12-34)25(36)37/h1-8,13,18-19,34H,9-12H2,(H,30,35)(H,36,37). The number of carbonyl (C=O) groups is 2. The monoisotopic (exact) mass is 556 g/mol. The molecule has 38 heavy (non-hydrogen) atoms. The van der Waals surface area contributed by atoms with Gasteiger partial charge < -0.3 is 25.2 Å². The predicted octanol–water partition coefficient (Wildman–Crippen LogP) is 2.56. The van der Waals surface area contributed by atoms with Crippen LogP contribution in [0.25, 0.3) is 28.2 Å². The van der Waals surface area contributed by atoms with Crippen LogP contribution >= 0.6 is 23.2 Å². The Balaban J connectivity index is 1.57. The number of morpholine rings is 1. The Morgan fingerprint density at radius 1 is 1.13 bits per heavy atom. The molecule has 4 aromatic rings. The van der Waals surface area contributed by atoms with E-state index in [9.17, 15) is 14.7 Å². The number of fused-ring (bicyclic) bond motifs is 1. The Hall–Kier alpha value is -3.77. The van der Waals surface area contributed by atoms with Crippen LogP contribution in [0.2, 0.25) is 10.0 Å². The Bertz CT molecular complexity index is 1500. The van der Waals surface area contributed by atoms with Crippen molar-refractivity contribution in [3.05, 3.63) is 64.9 Å². The summed E-state index contributed by atoms with van der Waals surface area (Å²) in [6.07, 6.45) is 0.433. The van der Waals surface area contributed by atoms with Crippen LogP contribution in [0.1, 0.15) is 0 Å². The van der Waals surface area contributed by atoms with E-state index in [1.54, 1.807) is 18.2 Å². The van der Waals surface area contributed by atoms with Gasteiger partial charge in [0.2, 0.25) is 0 Å². The van der Waals surface area contributed by atoms with Gasteiger partial charge in [-0.2, -0.15) is 0 Å². The van der Waals surface area contributed by atoms with Crippen molar-refractivity contribution in [2.75, 3.05) is 31.2 Å². The third-order valence-electron chi connectivity index (χ3n) is 6.08. The van der Waals surface area contributed by atoms with E-state index in [-0.39, 0.29) is 13.2 Å². The van der Waals surface area contributed by atoms with E-state index >= 15 is 0 Å². The zero-order valence-electron chi connectivity index (χ0n) is 19.8. The fourth-order valence-corrected chi connectivity index (χ4v) is 4.57. The molecule has 1 amide bonds. The van der Waals surface area contributed by atoms with Gasteiger partial charge in [0.05, 0.1) is 24.8 Å². The zero-order chi connectivity index (χ0) is 26.8. The van der Waals surface area contributed by atoms with Gasteiger partial charge in [-0.25, -0.2) is 19.7 Å². The molecule has 11 nitrogen and oxygen atoms in total. The molecule has 0 radical (unpaired) electrons. The number of halogens is 2. The Morgan fingerprint density at radius 3 is 2.61 bits per heavy atom. The van der Waals surface area contributed by atoms with E-state index in [4.69, 9.17) is 38.0 Å². The van der Waals surface area contributed by atoms with Crippen LogP contribution in [0.5, 0.6) is 0 Å². The van der Waals surface area contributed by atoms with E-state index in [0.29, 0.717) is 45.0 Å². The van der Waals surface area contributed by atoms with Gasteiger partial charge in [0.25, 0.3) is 5.91 Å². The lowest BCUT2D eigenvalue weighted by molar-refractivity contribution is -0.145. The minimum Gasteiger partial charge on any atom is -0.480 e. The van der Waals surface area contributed by atoms with E-state index in [2.05, 4.69) is 15.3 Å². The van der Waals surface area contributed by atoms with Gasteiger partial charge in [-0.05, 0) is 36.4 Å². The summed E-state index contributed by atoms with van der Waals surface area (Å²) in [5.74, 6) is -0.964. The number of nitrogens with zero attached hydrogens (tertiary/aromatic N) is 5. The highest BCUT2D eigenvalue weighted by Crippen LogP contribution is 2.35. The van der Waals surface area contributed by atoms with Crippen molar-refractivity contribution in [2.24, 2.45) is 0 Å². The highest BCUT2D eigenvalue weighted by molar-refractivity contribution is 6.33. The summed E-state index contributed by atoms with van der Waals surface area (Å²) in [7, 11) is 0. The van der Waals surface area contributed by atoms with E-state index in [1.807, 2.05) is 39.8 Å². The third kappa shape index (κ3) is 5.01. The first-order valence-corrected chi connectivity index (χ1v) is 12.4. The van der Waals surface area contributed by atoms with Gasteiger partial charge in [-0.3, -0.25) is 9.36 Å². The first-order valence-electron chi connectivity index (χ1n) is 11.6. The molecule has 0 spiro atoms. The lowest BCUT2D eigenvalue weighted by Crippen LogP contribution is -2.54. The number of aliphatic hydroxyl groups is 1. The summed E-state index contributed by atoms with van der Waals surface area (Å²) in [6.45, 7) is -0.0505. The van der Waals surface area contributed by atoms with Crippen LogP contribution < -0.4 is 10.2 Å². The number of ether oxygens (including phenoxy) is 1. The summed E-state index contributed by atoms with van der Waals surface area (Å²) < 4.78 is 7.46. The number of aromatic nitrogens is 4. The largest absolute Gasteiger partial charge is 0.480 e. The first kappa shape index (κ1) is 25.9. The molecule has 1 aliphatic rings. The predicted molar refractivity (Wildman–Crippen MR) is 141 cm³/mol. The van der Waals surface area contributed by atoms with Gasteiger partial charge >= 0.3 is 5.97 Å². The van der Waals surface area contributed by atoms with Crippen LogP contribution in [0.3, 0.4) is 0 Å². The number of carboxylic acids is 1. The molecule has 0 aliphatic carbocycles. The average Bonchev–Trinajstić information content (AvgIpc) is 3.31. The molecule has 0 saturated carbocycles. The molecular weight excluding hydrogens is 535 g/mol. The fourth-order valence-electron chi connectivity index (χ4n) is 4.22. The second-order valence-corrected chi connectivity index (χ2v) is 9.33. The molecule has 196 valence electrons. The molecule has 1 aliphatic heterocycles. The molecule has 2 aromatic carbocycles. The van der Waals surface area contributed by atoms with Crippen molar-refractivity contribution in [2.45, 2.75) is 12.1 Å². The van der Waals surface area contributed by atoms with Crippen molar-refractivity contribution >= 4 is 52.1 Å². The van der Waals surface area contributed by atoms with Gasteiger partial charge in [-0.15, -0.1) is 0 Å². The Morgan fingerprint density at radius 2 is 1.89 bits per heavy atom. The second-order valence-electron chi connectivity index (χ2n) is 8.48. The van der Waals surface area contributed by atoms with Crippen LogP contribution in [0, 0.1) is 0 Å². The number of rotatable bonds is 7. The summed E-state index contributed by atoms with van der Waals surface area (Å²) in [5.41, 5.74) is 2.46. The maximum atomic E-state index is 12.7. The normalized spacial score (nSPS) is 16.4. The molecule has 2 aromatic heterocycles. The van der Waals surface area contributed by atoms with Crippen molar-refractivity contribution in [1.29, 1.82) is 0 Å². The van der Waals surface area contributed by atoms with Gasteiger partial charge in [0.15, 0.2) is 23.1 Å². The number of carbonyl (C=O) groups excluding carboxylic acids is 1. The average molecular weight is 557 g/mol. The lowest BCUT2D eigenvalue weighted by atomic mass is 10.2. The maximum absolute atomic E-state index is 12.7. The molecule has 1 saturated heterocycles. The number of nitrogens with one attached hydrogen (secondary N) is 1. The molecule has 2 atom stereocenters. The molecule has 2 unspecified atom stereocenters. The highest BCUT2D eigenvalue weighted by atomic mass is 35.5. The molecular formula is C25H22Cl2N6O5. The number of aliphatic carboxylic acids is 1. The van der Waals surface area contributed by atoms with Crippen LogP contribution in [0.4, 0.5) is 5.82 Å². The van der Waals surface area contributed by atoms with Crippen LogP contribution in [-0.2, 0) is 14.3 Å². The van der Waals surface area contributed by atoms with Gasteiger partial charge in [-0.1, -0.05) is 35.3 Å². The van der Waals surface area contributed by atoms with E-state index in [1.165, 1.54) is 6.33 Å². The summed E-state index contributed by atoms with van der Waals surface area (Å²) in [5, 5.41) is 21.8. The second kappa shape index (κ2) is 10.9. The minimum absolute atomic E-state index is 0.0882. The van der Waals surface area contributed by atoms with Gasteiger partial charge in [0, 0.05) is 22.8 Å². The van der Waals surface area contributed by atoms with E-state index < -0.39 is 30.6 Å². The number of amides is 1. The highest BCUT2D eigenvalue weighted by Gasteiger charge is 2.32. The van der Waals surface area contributed by atoms with Crippen molar-refractivity contribution in [3.8, 4) is 17.1 Å². The molecule has 5 rings (SSSR count). The van der Waals surface area contributed by atoms with Crippen LogP contribution in [-0.4, -0.2) is 80.1 Å². The Kier molecular flexibility index (Phi) is 7.43. The quantitative estimate of drug-likeness (QED) is 0.313. The minimum atomic E-state index is -1.43. The lowest BCUT2D eigenvalue weighted by Gasteiger charge is -2.33. The number of carboxylic acid groups (broad SMARTS) is 1. The molecule has 0 bridgehead atoms. The maximum Gasteiger partial charge on any atom is 0.328 e. The number of aliphatic hydroxyl groups excluding tert-OH is 1. The number of hydrogen-bond donors (Lipinski definition) is 3.